The van der Waals surface area contributed by atoms with Crippen LogP contribution >= 0.6 is 0 Å². The van der Waals surface area contributed by atoms with Gasteiger partial charge in [0.2, 0.25) is 0 Å². The summed E-state index contributed by atoms with van der Waals surface area (Å²) in [6.07, 6.45) is 1.53. The lowest BCUT2D eigenvalue weighted by Gasteiger charge is -2.12. The topological polar surface area (TPSA) is 79.9 Å². The van der Waals surface area contributed by atoms with Crippen molar-refractivity contribution in [1.82, 2.24) is 5.32 Å². The van der Waals surface area contributed by atoms with Crippen molar-refractivity contribution in [1.29, 1.82) is 0 Å². The van der Waals surface area contributed by atoms with E-state index >= 15 is 0 Å². The van der Waals surface area contributed by atoms with Gasteiger partial charge in [-0.05, 0) is 19.9 Å². The van der Waals surface area contributed by atoms with Crippen LogP contribution in [-0.2, 0) is 4.74 Å². The monoisotopic (exact) mass is 189 g/mol. The average Bonchev–Trinajstić information content (AvgIpc) is 2.12. The standard InChI is InChI=1S/C8H19N3O2/c1-7(6-8(9)11-12)10-4-3-5-13-2/h7,10,12H,3-6H2,1-2H3,(H2,9,11). The Morgan fingerprint density at radius 1 is 1.69 bits per heavy atom. The molecule has 78 valence electrons. The minimum Gasteiger partial charge on any atom is -0.409 e. The molecule has 0 radical (unpaired) electrons. The van der Waals surface area contributed by atoms with E-state index in [9.17, 15) is 0 Å². The predicted octanol–water partition coefficient (Wildman–Crippen LogP) is 0.138. The van der Waals surface area contributed by atoms with E-state index in [1.165, 1.54) is 0 Å². The largest absolute Gasteiger partial charge is 0.409 e. The van der Waals surface area contributed by atoms with Gasteiger partial charge in [0.15, 0.2) is 0 Å². The fourth-order valence-electron chi connectivity index (χ4n) is 0.992. The maximum atomic E-state index is 8.31. The molecule has 0 amide bonds. The first-order valence-electron chi connectivity index (χ1n) is 4.39. The molecule has 0 saturated heterocycles. The smallest absolute Gasteiger partial charge is 0.140 e. The van der Waals surface area contributed by atoms with Gasteiger partial charge in [-0.25, -0.2) is 0 Å². The third-order valence-electron chi connectivity index (χ3n) is 1.66. The van der Waals surface area contributed by atoms with Crippen molar-refractivity contribution in [3.05, 3.63) is 0 Å². The van der Waals surface area contributed by atoms with Gasteiger partial charge in [0.05, 0.1) is 0 Å². The van der Waals surface area contributed by atoms with E-state index in [1.807, 2.05) is 6.92 Å². The van der Waals surface area contributed by atoms with Crippen molar-refractivity contribution in [2.75, 3.05) is 20.3 Å². The minimum absolute atomic E-state index is 0.229. The zero-order valence-electron chi connectivity index (χ0n) is 8.29. The molecule has 13 heavy (non-hydrogen) atoms. The van der Waals surface area contributed by atoms with Crippen LogP contribution in [0, 0.1) is 0 Å². The van der Waals surface area contributed by atoms with Crippen LogP contribution in [0.2, 0.25) is 0 Å². The van der Waals surface area contributed by atoms with Crippen molar-refractivity contribution in [3.8, 4) is 0 Å². The van der Waals surface area contributed by atoms with Crippen LogP contribution in [0.1, 0.15) is 19.8 Å². The Morgan fingerprint density at radius 3 is 2.92 bits per heavy atom. The lowest BCUT2D eigenvalue weighted by Crippen LogP contribution is -2.32. The van der Waals surface area contributed by atoms with Gasteiger partial charge in [-0.3, -0.25) is 0 Å². The van der Waals surface area contributed by atoms with Gasteiger partial charge in [0.1, 0.15) is 5.84 Å². The minimum atomic E-state index is 0.229. The summed E-state index contributed by atoms with van der Waals surface area (Å²) in [5.74, 6) is 0.256. The Morgan fingerprint density at radius 2 is 2.38 bits per heavy atom. The Balaban J connectivity index is 3.35. The van der Waals surface area contributed by atoms with Gasteiger partial charge in [-0.2, -0.15) is 0 Å². The quantitative estimate of drug-likeness (QED) is 0.175. The van der Waals surface area contributed by atoms with E-state index in [4.69, 9.17) is 15.7 Å². The van der Waals surface area contributed by atoms with Gasteiger partial charge in [-0.1, -0.05) is 5.16 Å². The summed E-state index contributed by atoms with van der Waals surface area (Å²) in [5, 5.41) is 14.4. The molecular formula is C8H19N3O2. The molecule has 4 N–H and O–H groups in total. The van der Waals surface area contributed by atoms with Gasteiger partial charge in [0, 0.05) is 26.2 Å². The summed E-state index contributed by atoms with van der Waals surface area (Å²) in [7, 11) is 1.68. The maximum absolute atomic E-state index is 8.31. The van der Waals surface area contributed by atoms with Crippen molar-refractivity contribution in [2.24, 2.45) is 10.9 Å². The number of nitrogens with one attached hydrogen (secondary N) is 1. The molecule has 0 aliphatic carbocycles. The number of nitrogens with two attached hydrogens (primary N) is 1. The molecule has 0 aromatic carbocycles. The Kier molecular flexibility index (Phi) is 7.33. The number of nitrogens with zero attached hydrogens (tertiary/aromatic N) is 1. The zero-order valence-corrected chi connectivity index (χ0v) is 8.29. The van der Waals surface area contributed by atoms with E-state index in [1.54, 1.807) is 7.11 Å². The molecule has 0 heterocycles. The molecule has 5 nitrogen and oxygen atoms in total. The summed E-state index contributed by atoms with van der Waals surface area (Å²) in [6.45, 7) is 3.63. The molecule has 0 rings (SSSR count). The highest BCUT2D eigenvalue weighted by Crippen LogP contribution is 1.90. The first-order chi connectivity index (χ1) is 6.20. The summed E-state index contributed by atoms with van der Waals surface area (Å²) in [5.41, 5.74) is 5.34. The molecule has 5 heteroatoms. The molecule has 0 aromatic rings. The highest BCUT2D eigenvalue weighted by Gasteiger charge is 2.03. The number of hydrogen-bond acceptors (Lipinski definition) is 4. The third kappa shape index (κ3) is 7.55. The van der Waals surface area contributed by atoms with Crippen molar-refractivity contribution in [2.45, 2.75) is 25.8 Å². The molecule has 0 bridgehead atoms. The SMILES string of the molecule is COCCCNC(C)CC(N)=NO. The number of rotatable bonds is 7. The molecule has 0 fully saturated rings. The predicted molar refractivity (Wildman–Crippen MR) is 52.0 cm³/mol. The van der Waals surface area contributed by atoms with Gasteiger partial charge in [0.25, 0.3) is 0 Å². The van der Waals surface area contributed by atoms with Crippen LogP contribution in [0.3, 0.4) is 0 Å². The number of ether oxygens (including phenoxy) is 1. The highest BCUT2D eigenvalue weighted by atomic mass is 16.5. The third-order valence-corrected chi connectivity index (χ3v) is 1.66. The molecule has 0 aromatic heterocycles. The molecule has 1 unspecified atom stereocenters. The second-order valence-corrected chi connectivity index (χ2v) is 3.00. The Bertz CT molecular complexity index is 150. The van der Waals surface area contributed by atoms with Crippen molar-refractivity contribution in [3.63, 3.8) is 0 Å². The summed E-state index contributed by atoms with van der Waals surface area (Å²) in [4.78, 5) is 0. The number of amidine groups is 1. The van der Waals surface area contributed by atoms with Gasteiger partial charge in [-0.15, -0.1) is 0 Å². The lowest BCUT2D eigenvalue weighted by molar-refractivity contribution is 0.193. The molecule has 1 atom stereocenters. The van der Waals surface area contributed by atoms with Crippen LogP contribution in [-0.4, -0.2) is 37.3 Å². The van der Waals surface area contributed by atoms with Crippen LogP contribution in [0.5, 0.6) is 0 Å². The average molecular weight is 189 g/mol. The van der Waals surface area contributed by atoms with Crippen LogP contribution < -0.4 is 11.1 Å². The molecule has 0 saturated carbocycles. The van der Waals surface area contributed by atoms with E-state index in [0.717, 1.165) is 19.6 Å². The van der Waals surface area contributed by atoms with Crippen molar-refractivity contribution >= 4 is 5.84 Å². The second-order valence-electron chi connectivity index (χ2n) is 3.00. The van der Waals surface area contributed by atoms with Crippen LogP contribution in [0.25, 0.3) is 0 Å². The Labute approximate surface area is 78.9 Å². The van der Waals surface area contributed by atoms with E-state index in [2.05, 4.69) is 10.5 Å². The Hall–Kier alpha value is -0.810. The normalized spacial score (nSPS) is 14.5. The number of oxime groups is 1. The van der Waals surface area contributed by atoms with E-state index in [-0.39, 0.29) is 11.9 Å². The summed E-state index contributed by atoms with van der Waals surface area (Å²) >= 11 is 0. The fourth-order valence-corrected chi connectivity index (χ4v) is 0.992. The van der Waals surface area contributed by atoms with Crippen LogP contribution in [0.15, 0.2) is 5.16 Å². The second kappa shape index (κ2) is 7.82. The zero-order chi connectivity index (χ0) is 10.1. The van der Waals surface area contributed by atoms with Gasteiger partial charge >= 0.3 is 0 Å². The lowest BCUT2D eigenvalue weighted by atomic mass is 10.2. The first kappa shape index (κ1) is 12.2. The summed E-state index contributed by atoms with van der Waals surface area (Å²) < 4.78 is 4.90. The van der Waals surface area contributed by atoms with Crippen molar-refractivity contribution < 1.29 is 9.94 Å². The van der Waals surface area contributed by atoms with Crippen LogP contribution in [0.4, 0.5) is 0 Å². The molecule has 0 aliphatic rings. The molecular weight excluding hydrogens is 170 g/mol. The number of hydrogen-bond donors (Lipinski definition) is 3. The fraction of sp³-hybridized carbons (Fsp3) is 0.875. The first-order valence-corrected chi connectivity index (χ1v) is 4.39. The van der Waals surface area contributed by atoms with E-state index in [0.29, 0.717) is 6.42 Å². The molecule has 0 aliphatic heterocycles. The maximum Gasteiger partial charge on any atom is 0.140 e. The highest BCUT2D eigenvalue weighted by molar-refractivity contribution is 5.80. The summed E-state index contributed by atoms with van der Waals surface area (Å²) in [6, 6.07) is 0.229. The number of methoxy groups -OCH3 is 1. The molecule has 0 spiro atoms. The van der Waals surface area contributed by atoms with Gasteiger partial charge < -0.3 is 21.0 Å². The van der Waals surface area contributed by atoms with E-state index < -0.39 is 0 Å².